The number of aromatic nitrogens is 1. The summed E-state index contributed by atoms with van der Waals surface area (Å²) in [5.74, 6) is 3.35. The highest BCUT2D eigenvalue weighted by atomic mass is 127. The molecule has 3 heterocycles. The average molecular weight is 560 g/mol. The van der Waals surface area contributed by atoms with E-state index in [9.17, 15) is 0 Å². The number of hydrogen-bond acceptors (Lipinski definition) is 5. The van der Waals surface area contributed by atoms with Gasteiger partial charge in [0.15, 0.2) is 5.96 Å². The van der Waals surface area contributed by atoms with Crippen LogP contribution in [0.4, 0.5) is 0 Å². The number of oxazole rings is 1. The van der Waals surface area contributed by atoms with E-state index in [0.717, 1.165) is 62.4 Å². The Labute approximate surface area is 208 Å². The van der Waals surface area contributed by atoms with Crippen molar-refractivity contribution in [2.75, 3.05) is 26.2 Å². The van der Waals surface area contributed by atoms with Crippen molar-refractivity contribution >= 4 is 41.3 Å². The fraction of sp³-hybridized carbons (Fsp3) is 0.652. The molecule has 1 atom stereocenters. The molecule has 0 aliphatic carbocycles. The van der Waals surface area contributed by atoms with Crippen LogP contribution in [-0.4, -0.2) is 48.1 Å². The summed E-state index contributed by atoms with van der Waals surface area (Å²) in [4.78, 5) is 14.7. The summed E-state index contributed by atoms with van der Waals surface area (Å²) in [6, 6.07) is 4.79. The number of halogens is 1. The highest BCUT2D eigenvalue weighted by Gasteiger charge is 2.21. The van der Waals surface area contributed by atoms with E-state index < -0.39 is 0 Å². The van der Waals surface area contributed by atoms with Crippen molar-refractivity contribution in [1.82, 2.24) is 20.5 Å². The molecule has 0 saturated carbocycles. The quantitative estimate of drug-likeness (QED) is 0.280. The van der Waals surface area contributed by atoms with Crippen molar-refractivity contribution in [2.45, 2.75) is 66.5 Å². The number of hydrogen-bond donors (Lipinski definition) is 2. The smallest absolute Gasteiger partial charge is 0.208 e. The number of aliphatic imine (C=N–C) groups is 1. The van der Waals surface area contributed by atoms with Crippen LogP contribution in [0.2, 0.25) is 0 Å². The number of rotatable bonds is 8. The van der Waals surface area contributed by atoms with Gasteiger partial charge in [-0.3, -0.25) is 9.89 Å². The molecular formula is C23H38IN5OS. The number of aryl methyl sites for hydroxylation is 3. The van der Waals surface area contributed by atoms with Crippen molar-refractivity contribution in [3.05, 3.63) is 39.2 Å². The van der Waals surface area contributed by atoms with E-state index in [1.165, 1.54) is 22.6 Å². The Morgan fingerprint density at radius 3 is 2.61 bits per heavy atom. The topological polar surface area (TPSA) is 65.7 Å². The van der Waals surface area contributed by atoms with E-state index in [2.05, 4.69) is 53.4 Å². The standard InChI is InChI=1S/C23H37N5OS.HI/c1-6-24-23(26-16(2)13-21-8-7-17(3)30-21)25-14-20-9-11-28(12-10-20)15-22-27-18(4)19(5)29-22;/h7-8,16,20H,6,9-15H2,1-5H3,(H2,24,25,26);1H. The Kier molecular flexibility index (Phi) is 10.8. The van der Waals surface area contributed by atoms with Gasteiger partial charge < -0.3 is 15.1 Å². The SMILES string of the molecule is CCNC(=NCC1CCN(Cc2nc(C)c(C)o2)CC1)NC(C)Cc1ccc(C)s1.I. The van der Waals surface area contributed by atoms with Crippen LogP contribution in [0.25, 0.3) is 0 Å². The predicted octanol–water partition coefficient (Wildman–Crippen LogP) is 4.68. The van der Waals surface area contributed by atoms with Gasteiger partial charge in [-0.2, -0.15) is 0 Å². The first-order chi connectivity index (χ1) is 14.4. The lowest BCUT2D eigenvalue weighted by Gasteiger charge is -2.30. The lowest BCUT2D eigenvalue weighted by molar-refractivity contribution is 0.166. The number of thiophene rings is 1. The molecule has 0 spiro atoms. The summed E-state index contributed by atoms with van der Waals surface area (Å²) in [7, 11) is 0. The van der Waals surface area contributed by atoms with Gasteiger partial charge in [-0.25, -0.2) is 4.98 Å². The van der Waals surface area contributed by atoms with E-state index in [4.69, 9.17) is 9.41 Å². The van der Waals surface area contributed by atoms with Crippen LogP contribution in [-0.2, 0) is 13.0 Å². The average Bonchev–Trinajstić information content (AvgIpc) is 3.25. The van der Waals surface area contributed by atoms with Gasteiger partial charge in [-0.1, -0.05) is 0 Å². The van der Waals surface area contributed by atoms with Crippen molar-refractivity contribution in [3.8, 4) is 0 Å². The molecule has 31 heavy (non-hydrogen) atoms. The molecule has 8 heteroatoms. The fourth-order valence-corrected chi connectivity index (χ4v) is 4.87. The molecule has 1 unspecified atom stereocenters. The number of likely N-dealkylation sites (tertiary alicyclic amines) is 1. The third kappa shape index (κ3) is 8.38. The summed E-state index contributed by atoms with van der Waals surface area (Å²) in [5.41, 5.74) is 1.00. The number of piperidine rings is 1. The van der Waals surface area contributed by atoms with E-state index in [1.807, 2.05) is 25.2 Å². The van der Waals surface area contributed by atoms with Gasteiger partial charge in [0.05, 0.1) is 12.2 Å². The van der Waals surface area contributed by atoms with Crippen LogP contribution in [0.1, 0.15) is 53.8 Å². The minimum Gasteiger partial charge on any atom is -0.444 e. The molecule has 1 saturated heterocycles. The first-order valence-electron chi connectivity index (χ1n) is 11.2. The van der Waals surface area contributed by atoms with E-state index >= 15 is 0 Å². The molecule has 1 aliphatic rings. The number of nitrogens with zero attached hydrogens (tertiary/aromatic N) is 3. The molecule has 2 aromatic rings. The summed E-state index contributed by atoms with van der Waals surface area (Å²) in [6.07, 6.45) is 3.37. The monoisotopic (exact) mass is 559 g/mol. The van der Waals surface area contributed by atoms with Crippen LogP contribution < -0.4 is 10.6 Å². The lowest BCUT2D eigenvalue weighted by Crippen LogP contribution is -2.43. The predicted molar refractivity (Wildman–Crippen MR) is 141 cm³/mol. The van der Waals surface area contributed by atoms with E-state index in [1.54, 1.807) is 0 Å². The molecule has 2 N–H and O–H groups in total. The fourth-order valence-electron chi connectivity index (χ4n) is 3.85. The molecule has 0 bridgehead atoms. The second-order valence-electron chi connectivity index (χ2n) is 8.45. The maximum absolute atomic E-state index is 5.74. The highest BCUT2D eigenvalue weighted by molar-refractivity contribution is 14.0. The third-order valence-corrected chi connectivity index (χ3v) is 6.70. The highest BCUT2D eigenvalue weighted by Crippen LogP contribution is 2.20. The zero-order valence-corrected chi connectivity index (χ0v) is 22.7. The van der Waals surface area contributed by atoms with Crippen LogP contribution in [0.15, 0.2) is 21.5 Å². The maximum Gasteiger partial charge on any atom is 0.208 e. The zero-order valence-electron chi connectivity index (χ0n) is 19.5. The van der Waals surface area contributed by atoms with Crippen LogP contribution in [0, 0.1) is 26.7 Å². The van der Waals surface area contributed by atoms with Crippen molar-refractivity contribution in [3.63, 3.8) is 0 Å². The minimum atomic E-state index is 0. The summed E-state index contributed by atoms with van der Waals surface area (Å²) < 4.78 is 5.74. The van der Waals surface area contributed by atoms with Gasteiger partial charge in [-0.05, 0) is 78.6 Å². The van der Waals surface area contributed by atoms with Gasteiger partial charge in [0.25, 0.3) is 0 Å². The first kappa shape index (κ1) is 26.1. The Hall–Kier alpha value is -1.13. The van der Waals surface area contributed by atoms with Gasteiger partial charge in [-0.15, -0.1) is 35.3 Å². The number of nitrogens with one attached hydrogen (secondary N) is 2. The molecule has 0 radical (unpaired) electrons. The van der Waals surface area contributed by atoms with E-state index in [0.29, 0.717) is 12.0 Å². The zero-order chi connectivity index (χ0) is 21.5. The second-order valence-corrected chi connectivity index (χ2v) is 9.82. The van der Waals surface area contributed by atoms with E-state index in [-0.39, 0.29) is 24.0 Å². The van der Waals surface area contributed by atoms with Gasteiger partial charge in [0, 0.05) is 35.3 Å². The minimum absolute atomic E-state index is 0. The number of guanidine groups is 1. The van der Waals surface area contributed by atoms with Gasteiger partial charge in [0.1, 0.15) is 5.76 Å². The Balaban J connectivity index is 0.00000341. The van der Waals surface area contributed by atoms with Crippen molar-refractivity contribution in [2.24, 2.45) is 10.9 Å². The first-order valence-corrected chi connectivity index (χ1v) is 12.0. The summed E-state index contributed by atoms with van der Waals surface area (Å²) in [5, 5.41) is 6.98. The normalized spacial score (nSPS) is 16.7. The molecule has 2 aromatic heterocycles. The van der Waals surface area contributed by atoms with Crippen molar-refractivity contribution < 1.29 is 4.42 Å². The Morgan fingerprint density at radius 2 is 2.03 bits per heavy atom. The largest absolute Gasteiger partial charge is 0.444 e. The molecule has 0 aromatic carbocycles. The van der Waals surface area contributed by atoms with Gasteiger partial charge in [0.2, 0.25) is 5.89 Å². The second kappa shape index (κ2) is 12.8. The lowest BCUT2D eigenvalue weighted by atomic mass is 9.97. The summed E-state index contributed by atoms with van der Waals surface area (Å²) >= 11 is 1.88. The maximum atomic E-state index is 5.74. The van der Waals surface area contributed by atoms with Crippen LogP contribution in [0.3, 0.4) is 0 Å². The van der Waals surface area contributed by atoms with Crippen molar-refractivity contribution in [1.29, 1.82) is 0 Å². The summed E-state index contributed by atoms with van der Waals surface area (Å²) in [6.45, 7) is 15.2. The molecular weight excluding hydrogens is 521 g/mol. The molecule has 3 rings (SSSR count). The molecule has 1 fully saturated rings. The van der Waals surface area contributed by atoms with Crippen LogP contribution in [0.5, 0.6) is 0 Å². The molecule has 1 aliphatic heterocycles. The van der Waals surface area contributed by atoms with Gasteiger partial charge >= 0.3 is 0 Å². The Bertz CT molecular complexity index is 806. The molecule has 174 valence electrons. The third-order valence-electron chi connectivity index (χ3n) is 5.68. The van der Waals surface area contributed by atoms with Crippen LogP contribution >= 0.6 is 35.3 Å². The molecule has 6 nitrogen and oxygen atoms in total. The molecule has 0 amide bonds. The Morgan fingerprint density at radius 1 is 1.29 bits per heavy atom.